The van der Waals surface area contributed by atoms with Gasteiger partial charge in [-0.3, -0.25) is 4.79 Å². The van der Waals surface area contributed by atoms with Gasteiger partial charge in [0.05, 0.1) is 11.0 Å². The molecule has 0 aliphatic rings. The maximum Gasteiger partial charge on any atom is 0.251 e. The molecular weight excluding hydrogens is 376 g/mol. The van der Waals surface area contributed by atoms with Crippen molar-refractivity contribution in [2.45, 2.75) is 31.3 Å². The van der Waals surface area contributed by atoms with Gasteiger partial charge in [0.1, 0.15) is 5.75 Å². The van der Waals surface area contributed by atoms with Crippen molar-refractivity contribution >= 4 is 15.9 Å². The Labute approximate surface area is 166 Å². The number of carbonyl (C=O) groups excluding carboxylic acids is 1. The van der Waals surface area contributed by atoms with Gasteiger partial charge in [-0.1, -0.05) is 18.2 Å². The minimum absolute atomic E-state index is 0.106. The average molecular weight is 403 g/mol. The average Bonchev–Trinajstić information content (AvgIpc) is 2.67. The first-order chi connectivity index (χ1) is 13.3. The number of carbonyl (C=O) groups is 1. The molecule has 2 aromatic carbocycles. The first kappa shape index (κ1) is 21.7. The molecule has 0 saturated carbocycles. The molecule has 0 bridgehead atoms. The van der Waals surface area contributed by atoms with E-state index in [4.69, 9.17) is 4.74 Å². The van der Waals surface area contributed by atoms with E-state index in [0.29, 0.717) is 18.5 Å². The second-order valence-corrected chi connectivity index (χ2v) is 8.25. The fourth-order valence-electron chi connectivity index (χ4n) is 2.47. The Bertz CT molecular complexity index is 889. The van der Waals surface area contributed by atoms with E-state index in [1.165, 1.54) is 30.3 Å². The number of hydrogen-bond acceptors (Lipinski definition) is 4. The van der Waals surface area contributed by atoms with Gasteiger partial charge in [-0.05, 0) is 62.2 Å². The smallest absolute Gasteiger partial charge is 0.251 e. The van der Waals surface area contributed by atoms with Gasteiger partial charge in [-0.15, -0.1) is 6.58 Å². The molecule has 150 valence electrons. The molecule has 0 unspecified atom stereocenters. The lowest BCUT2D eigenvalue weighted by Crippen LogP contribution is -2.26. The number of rotatable bonds is 10. The summed E-state index contributed by atoms with van der Waals surface area (Å²) in [6.45, 7) is 8.05. The van der Waals surface area contributed by atoms with Crippen LogP contribution in [-0.2, 0) is 16.4 Å². The summed E-state index contributed by atoms with van der Waals surface area (Å²) < 4.78 is 32.0. The molecule has 0 aromatic heterocycles. The molecule has 0 heterocycles. The van der Waals surface area contributed by atoms with Crippen LogP contribution in [0.3, 0.4) is 0 Å². The van der Waals surface area contributed by atoms with Crippen molar-refractivity contribution in [1.29, 1.82) is 0 Å². The second kappa shape index (κ2) is 10.1. The molecule has 0 fully saturated rings. The van der Waals surface area contributed by atoms with Crippen molar-refractivity contribution in [1.82, 2.24) is 10.0 Å². The number of ether oxygens (including phenoxy) is 1. The van der Waals surface area contributed by atoms with E-state index in [1.807, 2.05) is 38.1 Å². The van der Waals surface area contributed by atoms with Crippen LogP contribution >= 0.6 is 0 Å². The third-order valence-electron chi connectivity index (χ3n) is 3.84. The number of hydrogen-bond donors (Lipinski definition) is 2. The van der Waals surface area contributed by atoms with Gasteiger partial charge in [0.25, 0.3) is 5.91 Å². The van der Waals surface area contributed by atoms with Crippen molar-refractivity contribution in [3.63, 3.8) is 0 Å². The maximum absolute atomic E-state index is 12.2. The van der Waals surface area contributed by atoms with Gasteiger partial charge in [-0.25, -0.2) is 13.1 Å². The van der Waals surface area contributed by atoms with Crippen LogP contribution in [0.1, 0.15) is 29.8 Å². The normalized spacial score (nSPS) is 11.2. The van der Waals surface area contributed by atoms with Crippen molar-refractivity contribution in [2.24, 2.45) is 0 Å². The van der Waals surface area contributed by atoms with Crippen LogP contribution < -0.4 is 14.8 Å². The lowest BCUT2D eigenvalue weighted by Gasteiger charge is -2.10. The van der Waals surface area contributed by atoms with E-state index in [9.17, 15) is 13.2 Å². The summed E-state index contributed by atoms with van der Waals surface area (Å²) >= 11 is 0. The molecule has 6 nitrogen and oxygen atoms in total. The first-order valence-corrected chi connectivity index (χ1v) is 10.5. The monoisotopic (exact) mass is 402 g/mol. The molecule has 2 aromatic rings. The Balaban J connectivity index is 1.87. The summed E-state index contributed by atoms with van der Waals surface area (Å²) in [5, 5.41) is 2.84. The van der Waals surface area contributed by atoms with Crippen LogP contribution in [-0.4, -0.2) is 33.5 Å². The molecule has 2 rings (SSSR count). The molecule has 1 amide bonds. The van der Waals surface area contributed by atoms with Crippen molar-refractivity contribution < 1.29 is 17.9 Å². The largest absolute Gasteiger partial charge is 0.491 e. The standard InChI is InChI=1S/C21H26N2O4S/c1-4-14-23-28(25,26)20-11-7-18(8-12-20)21(24)22-15-13-17-5-9-19(10-6-17)27-16(2)3/h4-12,16,23H,1,13-15H2,2-3H3,(H,22,24). The molecule has 2 N–H and O–H groups in total. The van der Waals surface area contributed by atoms with Gasteiger partial charge in [0.15, 0.2) is 0 Å². The van der Waals surface area contributed by atoms with Crippen LogP contribution in [0.25, 0.3) is 0 Å². The topological polar surface area (TPSA) is 84.5 Å². The predicted molar refractivity (Wildman–Crippen MR) is 110 cm³/mol. The molecule has 0 radical (unpaired) electrons. The molecule has 0 aliphatic heterocycles. The Kier molecular flexibility index (Phi) is 7.78. The Morgan fingerprint density at radius 3 is 2.32 bits per heavy atom. The highest BCUT2D eigenvalue weighted by Crippen LogP contribution is 2.14. The molecular formula is C21H26N2O4S. The van der Waals surface area contributed by atoms with Crippen LogP contribution in [0, 0.1) is 0 Å². The van der Waals surface area contributed by atoms with Crippen molar-refractivity contribution in [3.05, 3.63) is 72.3 Å². The highest BCUT2D eigenvalue weighted by molar-refractivity contribution is 7.89. The lowest BCUT2D eigenvalue weighted by atomic mass is 10.1. The SMILES string of the molecule is C=CCNS(=O)(=O)c1ccc(C(=O)NCCc2ccc(OC(C)C)cc2)cc1. The van der Waals surface area contributed by atoms with Gasteiger partial charge in [0.2, 0.25) is 10.0 Å². The maximum atomic E-state index is 12.2. The zero-order valence-corrected chi connectivity index (χ0v) is 17.0. The lowest BCUT2D eigenvalue weighted by molar-refractivity contribution is 0.0954. The fraction of sp³-hybridized carbons (Fsp3) is 0.286. The van der Waals surface area contributed by atoms with Gasteiger partial charge < -0.3 is 10.1 Å². The van der Waals surface area contributed by atoms with Crippen LogP contribution in [0.15, 0.2) is 66.1 Å². The molecule has 0 spiro atoms. The van der Waals surface area contributed by atoms with E-state index in [0.717, 1.165) is 11.3 Å². The highest BCUT2D eigenvalue weighted by atomic mass is 32.2. The Morgan fingerprint density at radius 2 is 1.75 bits per heavy atom. The number of sulfonamides is 1. The number of benzene rings is 2. The highest BCUT2D eigenvalue weighted by Gasteiger charge is 2.13. The zero-order valence-electron chi connectivity index (χ0n) is 16.1. The third kappa shape index (κ3) is 6.51. The van der Waals surface area contributed by atoms with Gasteiger partial charge in [0, 0.05) is 18.7 Å². The molecule has 0 saturated heterocycles. The van der Waals surface area contributed by atoms with E-state index in [-0.39, 0.29) is 23.5 Å². The zero-order chi connectivity index (χ0) is 20.6. The Hall–Kier alpha value is -2.64. The third-order valence-corrected chi connectivity index (χ3v) is 5.28. The summed E-state index contributed by atoms with van der Waals surface area (Å²) in [7, 11) is -3.59. The molecule has 0 atom stereocenters. The van der Waals surface area contributed by atoms with Crippen LogP contribution in [0.5, 0.6) is 5.75 Å². The summed E-state index contributed by atoms with van der Waals surface area (Å²) in [5.74, 6) is 0.572. The summed E-state index contributed by atoms with van der Waals surface area (Å²) in [5.41, 5.74) is 1.49. The predicted octanol–water partition coefficient (Wildman–Crippen LogP) is 2.91. The minimum atomic E-state index is -3.59. The summed E-state index contributed by atoms with van der Waals surface area (Å²) in [6, 6.07) is 13.6. The van der Waals surface area contributed by atoms with E-state index >= 15 is 0 Å². The number of nitrogens with one attached hydrogen (secondary N) is 2. The summed E-state index contributed by atoms with van der Waals surface area (Å²) in [6.07, 6.45) is 2.28. The van der Waals surface area contributed by atoms with E-state index < -0.39 is 10.0 Å². The van der Waals surface area contributed by atoms with Gasteiger partial charge >= 0.3 is 0 Å². The second-order valence-electron chi connectivity index (χ2n) is 6.48. The van der Waals surface area contributed by atoms with E-state index in [2.05, 4.69) is 16.6 Å². The number of amides is 1. The van der Waals surface area contributed by atoms with E-state index in [1.54, 1.807) is 0 Å². The van der Waals surface area contributed by atoms with Crippen LogP contribution in [0.4, 0.5) is 0 Å². The molecule has 0 aliphatic carbocycles. The first-order valence-electron chi connectivity index (χ1n) is 9.06. The quantitative estimate of drug-likeness (QED) is 0.599. The summed E-state index contributed by atoms with van der Waals surface area (Å²) in [4.78, 5) is 12.3. The van der Waals surface area contributed by atoms with Crippen LogP contribution in [0.2, 0.25) is 0 Å². The molecule has 7 heteroatoms. The Morgan fingerprint density at radius 1 is 1.11 bits per heavy atom. The van der Waals surface area contributed by atoms with Gasteiger partial charge in [-0.2, -0.15) is 0 Å². The minimum Gasteiger partial charge on any atom is -0.491 e. The molecule has 28 heavy (non-hydrogen) atoms. The van der Waals surface area contributed by atoms with Crippen molar-refractivity contribution in [2.75, 3.05) is 13.1 Å². The van der Waals surface area contributed by atoms with Crippen molar-refractivity contribution in [3.8, 4) is 5.75 Å². The fourth-order valence-corrected chi connectivity index (χ4v) is 3.47.